The van der Waals surface area contributed by atoms with Crippen LogP contribution in [0.2, 0.25) is 0 Å². The third-order valence-electron chi connectivity index (χ3n) is 4.34. The van der Waals surface area contributed by atoms with Gasteiger partial charge in [0, 0.05) is 13.1 Å². The highest BCUT2D eigenvalue weighted by Gasteiger charge is 2.34. The normalized spacial score (nSPS) is 23.1. The highest BCUT2D eigenvalue weighted by Crippen LogP contribution is 2.33. The lowest BCUT2D eigenvalue weighted by Crippen LogP contribution is -2.49. The van der Waals surface area contributed by atoms with Crippen LogP contribution < -0.4 is 15.4 Å². The van der Waals surface area contributed by atoms with Gasteiger partial charge in [-0.05, 0) is 37.9 Å². The van der Waals surface area contributed by atoms with E-state index in [1.807, 2.05) is 18.2 Å². The molecule has 2 aliphatic heterocycles. The predicted molar refractivity (Wildman–Crippen MR) is 89.9 cm³/mol. The number of likely N-dealkylation sites (tertiary alicyclic amines) is 1. The molecular formula is C16H22ClN3O3. The van der Waals surface area contributed by atoms with Crippen molar-refractivity contribution in [3.63, 3.8) is 0 Å². The summed E-state index contributed by atoms with van der Waals surface area (Å²) in [6, 6.07) is 7.31. The second kappa shape index (κ2) is 7.19. The Kier molecular flexibility index (Phi) is 5.49. The number of anilines is 1. The molecule has 6 nitrogen and oxygen atoms in total. The lowest BCUT2D eigenvalue weighted by atomic mass is 10.1. The molecule has 2 heterocycles. The summed E-state index contributed by atoms with van der Waals surface area (Å²) in [6.07, 6.45) is 0.366. The first-order valence-corrected chi connectivity index (χ1v) is 7.65. The molecule has 0 aliphatic carbocycles. The van der Waals surface area contributed by atoms with E-state index in [1.54, 1.807) is 17.9 Å². The van der Waals surface area contributed by atoms with Gasteiger partial charge in [0.2, 0.25) is 5.91 Å². The fourth-order valence-corrected chi connectivity index (χ4v) is 3.01. The van der Waals surface area contributed by atoms with Crippen molar-refractivity contribution in [2.24, 2.45) is 11.7 Å². The number of rotatable bonds is 3. The van der Waals surface area contributed by atoms with Crippen LogP contribution in [0.25, 0.3) is 0 Å². The molecule has 1 aromatic carbocycles. The molecule has 1 fully saturated rings. The molecule has 0 bridgehead atoms. The van der Waals surface area contributed by atoms with E-state index in [1.165, 1.54) is 4.90 Å². The van der Waals surface area contributed by atoms with E-state index in [9.17, 15) is 9.59 Å². The first-order chi connectivity index (χ1) is 10.6. The first kappa shape index (κ1) is 17.6. The highest BCUT2D eigenvalue weighted by molar-refractivity contribution is 6.03. The van der Waals surface area contributed by atoms with Crippen molar-refractivity contribution in [1.29, 1.82) is 0 Å². The summed E-state index contributed by atoms with van der Waals surface area (Å²) < 4.78 is 5.58. The number of nitrogens with two attached hydrogens (primary N) is 1. The number of nitrogens with zero attached hydrogens (tertiary/aromatic N) is 2. The Morgan fingerprint density at radius 3 is 2.83 bits per heavy atom. The molecule has 7 heteroatoms. The average Bonchev–Trinajstić information content (AvgIpc) is 3.01. The zero-order valence-corrected chi connectivity index (χ0v) is 13.9. The summed E-state index contributed by atoms with van der Waals surface area (Å²) in [4.78, 5) is 28.2. The third kappa shape index (κ3) is 3.43. The molecule has 0 aromatic heterocycles. The molecule has 1 saturated heterocycles. The number of para-hydroxylation sites is 2. The molecule has 2 amide bonds. The average molecular weight is 340 g/mol. The van der Waals surface area contributed by atoms with Gasteiger partial charge in [-0.15, -0.1) is 12.4 Å². The van der Waals surface area contributed by atoms with Gasteiger partial charge in [-0.2, -0.15) is 0 Å². The van der Waals surface area contributed by atoms with Gasteiger partial charge in [0.1, 0.15) is 12.3 Å². The number of hydrogen-bond donors (Lipinski definition) is 1. The molecule has 126 valence electrons. The molecule has 0 saturated carbocycles. The van der Waals surface area contributed by atoms with Gasteiger partial charge in [-0.3, -0.25) is 14.5 Å². The van der Waals surface area contributed by atoms with Gasteiger partial charge in [-0.1, -0.05) is 12.1 Å². The number of amides is 2. The topological polar surface area (TPSA) is 75.9 Å². The minimum Gasteiger partial charge on any atom is -0.479 e. The minimum atomic E-state index is -0.571. The molecule has 2 aliphatic rings. The van der Waals surface area contributed by atoms with Crippen molar-refractivity contribution >= 4 is 29.9 Å². The Bertz CT molecular complexity index is 596. The van der Waals surface area contributed by atoms with Crippen LogP contribution in [0.3, 0.4) is 0 Å². The van der Waals surface area contributed by atoms with Gasteiger partial charge in [-0.25, -0.2) is 0 Å². The van der Waals surface area contributed by atoms with Crippen molar-refractivity contribution in [2.75, 3.05) is 31.1 Å². The molecule has 2 atom stereocenters. The maximum Gasteiger partial charge on any atom is 0.268 e. The summed E-state index contributed by atoms with van der Waals surface area (Å²) >= 11 is 0. The summed E-state index contributed by atoms with van der Waals surface area (Å²) in [5.74, 6) is 0.800. The molecule has 1 aromatic rings. The zero-order chi connectivity index (χ0) is 15.7. The largest absolute Gasteiger partial charge is 0.479 e. The van der Waals surface area contributed by atoms with Crippen molar-refractivity contribution in [2.45, 2.75) is 19.4 Å². The monoisotopic (exact) mass is 339 g/mol. The van der Waals surface area contributed by atoms with Crippen LogP contribution in [0.4, 0.5) is 5.69 Å². The minimum absolute atomic E-state index is 0. The van der Waals surface area contributed by atoms with E-state index in [0.717, 1.165) is 13.0 Å². The van der Waals surface area contributed by atoms with E-state index >= 15 is 0 Å². The van der Waals surface area contributed by atoms with Crippen molar-refractivity contribution in [3.8, 4) is 5.75 Å². The van der Waals surface area contributed by atoms with Crippen LogP contribution >= 0.6 is 12.4 Å². The van der Waals surface area contributed by atoms with Crippen molar-refractivity contribution in [3.05, 3.63) is 24.3 Å². The van der Waals surface area contributed by atoms with Crippen molar-refractivity contribution < 1.29 is 14.3 Å². The van der Waals surface area contributed by atoms with Crippen LogP contribution in [0.1, 0.15) is 13.3 Å². The lowest BCUT2D eigenvalue weighted by Gasteiger charge is -2.33. The molecule has 0 spiro atoms. The molecule has 2 unspecified atom stereocenters. The molecular weight excluding hydrogens is 318 g/mol. The summed E-state index contributed by atoms with van der Waals surface area (Å²) in [5, 5.41) is 0. The molecule has 2 N–H and O–H groups in total. The van der Waals surface area contributed by atoms with Gasteiger partial charge >= 0.3 is 0 Å². The van der Waals surface area contributed by atoms with Gasteiger partial charge in [0.05, 0.1) is 5.69 Å². The Morgan fingerprint density at radius 1 is 1.39 bits per heavy atom. The number of fused-ring (bicyclic) bond motifs is 1. The molecule has 3 rings (SSSR count). The fourth-order valence-electron chi connectivity index (χ4n) is 3.01. The van der Waals surface area contributed by atoms with Crippen LogP contribution in [-0.4, -0.2) is 49.0 Å². The Morgan fingerprint density at radius 2 is 2.13 bits per heavy atom. The SMILES string of the molecule is CC1Oc2ccccc2N(CC(=O)N2CCC(CN)C2)C1=O.Cl. The summed E-state index contributed by atoms with van der Waals surface area (Å²) in [5.41, 5.74) is 6.33. The maximum atomic E-state index is 12.5. The van der Waals surface area contributed by atoms with E-state index in [4.69, 9.17) is 10.5 Å². The van der Waals surface area contributed by atoms with E-state index in [2.05, 4.69) is 0 Å². The van der Waals surface area contributed by atoms with Gasteiger partial charge in [0.25, 0.3) is 5.91 Å². The van der Waals surface area contributed by atoms with Crippen LogP contribution in [0, 0.1) is 5.92 Å². The summed E-state index contributed by atoms with van der Waals surface area (Å²) in [6.45, 7) is 3.76. The van der Waals surface area contributed by atoms with E-state index in [0.29, 0.717) is 30.4 Å². The predicted octanol–water partition coefficient (Wildman–Crippen LogP) is 1.03. The quantitative estimate of drug-likeness (QED) is 0.892. The Balaban J connectivity index is 0.00000192. The zero-order valence-electron chi connectivity index (χ0n) is 13.1. The number of carbonyl (C=O) groups is 2. The van der Waals surface area contributed by atoms with Gasteiger partial charge in [0.15, 0.2) is 6.10 Å². The smallest absolute Gasteiger partial charge is 0.268 e. The highest BCUT2D eigenvalue weighted by atomic mass is 35.5. The first-order valence-electron chi connectivity index (χ1n) is 7.65. The molecule has 0 radical (unpaired) electrons. The Hall–Kier alpha value is -1.79. The number of benzene rings is 1. The van der Waals surface area contributed by atoms with E-state index < -0.39 is 6.10 Å². The van der Waals surface area contributed by atoms with Crippen LogP contribution in [-0.2, 0) is 9.59 Å². The second-order valence-corrected chi connectivity index (χ2v) is 5.88. The fraction of sp³-hybridized carbons (Fsp3) is 0.500. The van der Waals surface area contributed by atoms with E-state index in [-0.39, 0.29) is 30.8 Å². The summed E-state index contributed by atoms with van der Waals surface area (Å²) in [7, 11) is 0. The number of hydrogen-bond acceptors (Lipinski definition) is 4. The van der Waals surface area contributed by atoms with Gasteiger partial charge < -0.3 is 15.4 Å². The number of halogens is 1. The lowest BCUT2D eigenvalue weighted by molar-refractivity contribution is -0.132. The second-order valence-electron chi connectivity index (χ2n) is 5.88. The standard InChI is InChI=1S/C16H21N3O3.ClH/c1-11-16(21)19(13-4-2-3-5-14(13)22-11)10-15(20)18-7-6-12(8-17)9-18;/h2-5,11-12H,6-10,17H2,1H3;1H. The third-order valence-corrected chi connectivity index (χ3v) is 4.34. The number of ether oxygens (including phenoxy) is 1. The number of carbonyl (C=O) groups excluding carboxylic acids is 2. The Labute approximate surface area is 142 Å². The van der Waals surface area contributed by atoms with Crippen molar-refractivity contribution in [1.82, 2.24) is 4.90 Å². The van der Waals surface area contributed by atoms with Crippen LogP contribution in [0.15, 0.2) is 24.3 Å². The van der Waals surface area contributed by atoms with Crippen LogP contribution in [0.5, 0.6) is 5.75 Å². The maximum absolute atomic E-state index is 12.5. The molecule has 23 heavy (non-hydrogen) atoms.